The Morgan fingerprint density at radius 3 is 2.95 bits per heavy atom. The van der Waals surface area contributed by atoms with Crippen molar-refractivity contribution in [1.82, 2.24) is 20.2 Å². The van der Waals surface area contributed by atoms with Crippen LogP contribution in [-0.2, 0) is 11.2 Å². The summed E-state index contributed by atoms with van der Waals surface area (Å²) < 4.78 is 7.05. The molecule has 0 N–H and O–H groups in total. The van der Waals surface area contributed by atoms with Gasteiger partial charge in [-0.3, -0.25) is 0 Å². The molecule has 6 heteroatoms. The number of rotatable bonds is 5. The Bertz CT molecular complexity index is 421. The SMILES string of the molecule is COC(=S)CCCc1nnnn1C1CCCCC1C. The lowest BCUT2D eigenvalue weighted by molar-refractivity contribution is 0.231. The standard InChI is InChI=1S/C13H22N4OS/c1-10-6-3-4-7-11(10)17-12(14-15-16-17)8-5-9-13(19)18-2/h10-11H,3-9H2,1-2H3. The van der Waals surface area contributed by atoms with Gasteiger partial charge in [0, 0.05) is 12.8 Å². The van der Waals surface area contributed by atoms with Gasteiger partial charge in [-0.15, -0.1) is 5.10 Å². The van der Waals surface area contributed by atoms with Crippen LogP contribution in [0.5, 0.6) is 0 Å². The van der Waals surface area contributed by atoms with Crippen molar-refractivity contribution < 1.29 is 4.74 Å². The van der Waals surface area contributed by atoms with Crippen LogP contribution in [0.4, 0.5) is 0 Å². The summed E-state index contributed by atoms with van der Waals surface area (Å²) in [7, 11) is 1.62. The van der Waals surface area contributed by atoms with Crippen molar-refractivity contribution in [2.75, 3.05) is 7.11 Å². The molecule has 0 amide bonds. The van der Waals surface area contributed by atoms with Gasteiger partial charge in [0.25, 0.3) is 0 Å². The topological polar surface area (TPSA) is 52.8 Å². The van der Waals surface area contributed by atoms with E-state index in [9.17, 15) is 0 Å². The molecule has 2 atom stereocenters. The van der Waals surface area contributed by atoms with Crippen molar-refractivity contribution in [3.63, 3.8) is 0 Å². The molecule has 0 spiro atoms. The Kier molecular flexibility index (Phi) is 5.24. The zero-order valence-corrected chi connectivity index (χ0v) is 12.5. The van der Waals surface area contributed by atoms with E-state index in [2.05, 4.69) is 22.4 Å². The Morgan fingerprint density at radius 1 is 1.42 bits per heavy atom. The van der Waals surface area contributed by atoms with Crippen LogP contribution in [0.25, 0.3) is 0 Å². The maximum atomic E-state index is 5.05. The molecular formula is C13H22N4OS. The number of hydrogen-bond donors (Lipinski definition) is 0. The number of aromatic nitrogens is 4. The highest BCUT2D eigenvalue weighted by atomic mass is 32.1. The van der Waals surface area contributed by atoms with E-state index in [1.165, 1.54) is 25.7 Å². The van der Waals surface area contributed by atoms with Gasteiger partial charge in [-0.25, -0.2) is 4.68 Å². The summed E-state index contributed by atoms with van der Waals surface area (Å²) in [4.78, 5) is 0. The Labute approximate surface area is 119 Å². The first-order chi connectivity index (χ1) is 9.22. The van der Waals surface area contributed by atoms with Crippen LogP contribution in [0.1, 0.15) is 57.3 Å². The third kappa shape index (κ3) is 3.72. The summed E-state index contributed by atoms with van der Waals surface area (Å²) in [5.74, 6) is 1.65. The molecule has 1 aromatic heterocycles. The molecule has 0 saturated heterocycles. The third-order valence-corrected chi connectivity index (χ3v) is 4.32. The predicted octanol–water partition coefficient (Wildman–Crippen LogP) is 2.72. The van der Waals surface area contributed by atoms with E-state index in [0.29, 0.717) is 17.0 Å². The molecule has 5 nitrogen and oxygen atoms in total. The van der Waals surface area contributed by atoms with Crippen LogP contribution in [0.3, 0.4) is 0 Å². The highest BCUT2D eigenvalue weighted by molar-refractivity contribution is 7.80. The van der Waals surface area contributed by atoms with Crippen LogP contribution < -0.4 is 0 Å². The van der Waals surface area contributed by atoms with Gasteiger partial charge in [0.2, 0.25) is 0 Å². The van der Waals surface area contributed by atoms with Gasteiger partial charge in [0.05, 0.1) is 13.2 Å². The Hall–Kier alpha value is -1.04. The van der Waals surface area contributed by atoms with Crippen molar-refractivity contribution in [1.29, 1.82) is 0 Å². The number of aryl methyl sites for hydroxylation is 1. The minimum atomic E-state index is 0.466. The summed E-state index contributed by atoms with van der Waals surface area (Å²) >= 11 is 5.05. The van der Waals surface area contributed by atoms with Crippen LogP contribution >= 0.6 is 12.2 Å². The first-order valence-corrected chi connectivity index (χ1v) is 7.46. The fraction of sp³-hybridized carbons (Fsp3) is 0.846. The maximum Gasteiger partial charge on any atom is 0.159 e. The van der Waals surface area contributed by atoms with E-state index < -0.39 is 0 Å². The highest BCUT2D eigenvalue weighted by Gasteiger charge is 2.25. The second-order valence-electron chi connectivity index (χ2n) is 5.30. The molecule has 19 heavy (non-hydrogen) atoms. The van der Waals surface area contributed by atoms with Crippen molar-refractivity contribution in [3.8, 4) is 0 Å². The predicted molar refractivity (Wildman–Crippen MR) is 77.0 cm³/mol. The molecule has 1 aromatic rings. The molecular weight excluding hydrogens is 260 g/mol. The number of ether oxygens (including phenoxy) is 1. The van der Waals surface area contributed by atoms with Crippen LogP contribution in [-0.4, -0.2) is 32.4 Å². The molecule has 1 saturated carbocycles. The summed E-state index contributed by atoms with van der Waals surface area (Å²) in [6.07, 6.45) is 7.67. The van der Waals surface area contributed by atoms with Gasteiger partial charge < -0.3 is 4.74 Å². The normalized spacial score (nSPS) is 23.3. The minimum absolute atomic E-state index is 0.466. The monoisotopic (exact) mass is 282 g/mol. The van der Waals surface area contributed by atoms with Gasteiger partial charge in [-0.05, 0) is 47.8 Å². The molecule has 1 aliphatic carbocycles. The van der Waals surface area contributed by atoms with Gasteiger partial charge in [-0.1, -0.05) is 19.8 Å². The maximum absolute atomic E-state index is 5.05. The third-order valence-electron chi connectivity index (χ3n) is 3.95. The summed E-state index contributed by atoms with van der Waals surface area (Å²) in [5, 5.41) is 12.9. The largest absolute Gasteiger partial charge is 0.490 e. The van der Waals surface area contributed by atoms with E-state index in [-0.39, 0.29) is 0 Å². The van der Waals surface area contributed by atoms with Crippen molar-refractivity contribution in [2.24, 2.45) is 5.92 Å². The lowest BCUT2D eigenvalue weighted by Crippen LogP contribution is -2.24. The Balaban J connectivity index is 1.95. The second kappa shape index (κ2) is 6.93. The van der Waals surface area contributed by atoms with Crippen LogP contribution in [0.15, 0.2) is 0 Å². The van der Waals surface area contributed by atoms with E-state index in [4.69, 9.17) is 17.0 Å². The first kappa shape index (κ1) is 14.4. The quantitative estimate of drug-likeness (QED) is 0.777. The number of nitrogens with zero attached hydrogens (tertiary/aromatic N) is 4. The molecule has 0 radical (unpaired) electrons. The second-order valence-corrected chi connectivity index (χ2v) is 5.75. The molecule has 2 unspecified atom stereocenters. The zero-order chi connectivity index (χ0) is 13.7. The summed E-state index contributed by atoms with van der Waals surface area (Å²) in [6, 6.07) is 0.466. The number of thiocarbonyl (C=S) groups is 1. The van der Waals surface area contributed by atoms with Crippen molar-refractivity contribution in [3.05, 3.63) is 5.82 Å². The fourth-order valence-corrected chi connectivity index (χ4v) is 2.93. The highest BCUT2D eigenvalue weighted by Crippen LogP contribution is 2.33. The van der Waals surface area contributed by atoms with Crippen molar-refractivity contribution >= 4 is 17.3 Å². The van der Waals surface area contributed by atoms with Gasteiger partial charge in [-0.2, -0.15) is 0 Å². The van der Waals surface area contributed by atoms with E-state index >= 15 is 0 Å². The summed E-state index contributed by atoms with van der Waals surface area (Å²) in [5.41, 5.74) is 0. The average molecular weight is 282 g/mol. The lowest BCUT2D eigenvalue weighted by Gasteiger charge is -2.29. The van der Waals surface area contributed by atoms with Gasteiger partial charge in [0.15, 0.2) is 10.9 Å². The van der Waals surface area contributed by atoms with Gasteiger partial charge in [0.1, 0.15) is 0 Å². The molecule has 0 aliphatic heterocycles. The Morgan fingerprint density at radius 2 is 2.21 bits per heavy atom. The van der Waals surface area contributed by atoms with Crippen molar-refractivity contribution in [2.45, 2.75) is 57.9 Å². The summed E-state index contributed by atoms with van der Waals surface area (Å²) in [6.45, 7) is 2.30. The molecule has 1 heterocycles. The number of methoxy groups -OCH3 is 1. The molecule has 1 aliphatic rings. The lowest BCUT2D eigenvalue weighted by atomic mass is 9.86. The minimum Gasteiger partial charge on any atom is -0.490 e. The first-order valence-electron chi connectivity index (χ1n) is 7.06. The fourth-order valence-electron chi connectivity index (χ4n) is 2.79. The smallest absolute Gasteiger partial charge is 0.159 e. The number of hydrogen-bond acceptors (Lipinski definition) is 5. The van der Waals surface area contributed by atoms with E-state index in [0.717, 1.165) is 25.1 Å². The zero-order valence-electron chi connectivity index (χ0n) is 11.7. The number of tetrazole rings is 1. The van der Waals surface area contributed by atoms with E-state index in [1.54, 1.807) is 7.11 Å². The molecule has 0 bridgehead atoms. The van der Waals surface area contributed by atoms with Crippen LogP contribution in [0, 0.1) is 5.92 Å². The molecule has 2 rings (SSSR count). The molecule has 106 valence electrons. The van der Waals surface area contributed by atoms with E-state index in [1.807, 2.05) is 4.68 Å². The van der Waals surface area contributed by atoms with Crippen LogP contribution in [0.2, 0.25) is 0 Å². The average Bonchev–Trinajstić information content (AvgIpc) is 2.87. The molecule has 0 aromatic carbocycles. The molecule has 1 fully saturated rings. The van der Waals surface area contributed by atoms with Gasteiger partial charge >= 0.3 is 0 Å².